The lowest BCUT2D eigenvalue weighted by Gasteiger charge is -2.21. The molecule has 0 heterocycles. The van der Waals surface area contributed by atoms with Crippen molar-refractivity contribution in [3.8, 4) is 0 Å². The lowest BCUT2D eigenvalue weighted by Crippen LogP contribution is -2.11. The highest BCUT2D eigenvalue weighted by molar-refractivity contribution is 5.18. The molecule has 130 valence electrons. The minimum atomic E-state index is -0.390. The third-order valence-corrected chi connectivity index (χ3v) is 4.93. The highest BCUT2D eigenvalue weighted by Gasteiger charge is 2.18. The zero-order valence-electron chi connectivity index (χ0n) is 14.8. The van der Waals surface area contributed by atoms with E-state index in [9.17, 15) is 10.2 Å². The number of hydrogen-bond acceptors (Lipinski definition) is 2. The predicted octanol–water partition coefficient (Wildman–Crippen LogP) is 5.29. The number of hydrogen-bond donors (Lipinski definition) is 2. The zero-order chi connectivity index (χ0) is 17.4. The van der Waals surface area contributed by atoms with Crippen molar-refractivity contribution in [3.63, 3.8) is 0 Å². The van der Waals surface area contributed by atoms with Crippen molar-refractivity contribution in [1.82, 2.24) is 0 Å². The molecule has 2 nitrogen and oxygen atoms in total. The molecule has 0 bridgehead atoms. The summed E-state index contributed by atoms with van der Waals surface area (Å²) in [5.41, 5.74) is 2.00. The molecule has 0 saturated carbocycles. The Morgan fingerprint density at radius 3 is 1.29 bits per heavy atom. The van der Waals surface area contributed by atoms with Crippen LogP contribution in [0.4, 0.5) is 0 Å². The van der Waals surface area contributed by atoms with Gasteiger partial charge < -0.3 is 10.2 Å². The molecule has 0 amide bonds. The molecule has 4 unspecified atom stereocenters. The Labute approximate surface area is 146 Å². The van der Waals surface area contributed by atoms with Crippen molar-refractivity contribution in [2.45, 2.75) is 51.7 Å². The normalized spacial score (nSPS) is 16.3. The molecule has 2 heteroatoms. The van der Waals surface area contributed by atoms with Gasteiger partial charge in [0.2, 0.25) is 0 Å². The van der Waals surface area contributed by atoms with Crippen LogP contribution in [0.2, 0.25) is 0 Å². The van der Waals surface area contributed by atoms with Crippen LogP contribution in [0.5, 0.6) is 0 Å². The molecule has 0 fully saturated rings. The van der Waals surface area contributed by atoms with E-state index in [1.54, 1.807) is 0 Å². The van der Waals surface area contributed by atoms with Crippen LogP contribution in [-0.4, -0.2) is 10.2 Å². The second-order valence-electron chi connectivity index (χ2n) is 6.95. The molecule has 2 aromatic rings. The van der Waals surface area contributed by atoms with Crippen LogP contribution in [0.15, 0.2) is 60.7 Å². The summed E-state index contributed by atoms with van der Waals surface area (Å²) in [5, 5.41) is 20.8. The topological polar surface area (TPSA) is 40.5 Å². The van der Waals surface area contributed by atoms with Crippen LogP contribution in [0.1, 0.15) is 62.9 Å². The molecule has 0 aliphatic carbocycles. The summed E-state index contributed by atoms with van der Waals surface area (Å²) in [7, 11) is 0. The first-order chi connectivity index (χ1) is 11.6. The van der Waals surface area contributed by atoms with Gasteiger partial charge in [0.15, 0.2) is 0 Å². The molecular formula is C22H30O2. The molecule has 2 N–H and O–H groups in total. The summed E-state index contributed by atoms with van der Waals surface area (Å²) in [6.07, 6.45) is 3.39. The van der Waals surface area contributed by atoms with Gasteiger partial charge in [-0.15, -0.1) is 0 Å². The van der Waals surface area contributed by atoms with Crippen LogP contribution in [-0.2, 0) is 0 Å². The van der Waals surface area contributed by atoms with E-state index in [-0.39, 0.29) is 11.8 Å². The van der Waals surface area contributed by atoms with Crippen LogP contribution in [0.25, 0.3) is 0 Å². The first-order valence-electron chi connectivity index (χ1n) is 9.05. The largest absolute Gasteiger partial charge is 0.388 e. The number of benzene rings is 2. The first-order valence-corrected chi connectivity index (χ1v) is 9.05. The van der Waals surface area contributed by atoms with Crippen molar-refractivity contribution in [2.24, 2.45) is 11.8 Å². The highest BCUT2D eigenvalue weighted by Crippen LogP contribution is 2.29. The first kappa shape index (κ1) is 18.7. The van der Waals surface area contributed by atoms with Crippen molar-refractivity contribution in [3.05, 3.63) is 71.8 Å². The van der Waals surface area contributed by atoms with Crippen LogP contribution >= 0.6 is 0 Å². The van der Waals surface area contributed by atoms with Gasteiger partial charge in [0.1, 0.15) is 0 Å². The zero-order valence-corrected chi connectivity index (χ0v) is 14.8. The van der Waals surface area contributed by atoms with Gasteiger partial charge in [0, 0.05) is 0 Å². The van der Waals surface area contributed by atoms with Crippen LogP contribution in [0, 0.1) is 11.8 Å². The Hall–Kier alpha value is -1.64. The van der Waals surface area contributed by atoms with Gasteiger partial charge in [-0.3, -0.25) is 0 Å². The van der Waals surface area contributed by atoms with Crippen LogP contribution < -0.4 is 0 Å². The Morgan fingerprint density at radius 2 is 0.958 bits per heavy atom. The molecule has 2 aromatic carbocycles. The Morgan fingerprint density at radius 1 is 0.625 bits per heavy atom. The third-order valence-electron chi connectivity index (χ3n) is 4.93. The molecule has 0 spiro atoms. The minimum Gasteiger partial charge on any atom is -0.388 e. The maximum absolute atomic E-state index is 10.4. The summed E-state index contributed by atoms with van der Waals surface area (Å²) in [5.74, 6) is 0.503. The summed E-state index contributed by atoms with van der Waals surface area (Å²) in [6.45, 7) is 4.22. The molecular weight excluding hydrogens is 296 g/mol. The van der Waals surface area contributed by atoms with E-state index in [1.165, 1.54) is 0 Å². The number of aliphatic hydroxyl groups excluding tert-OH is 2. The maximum Gasteiger partial charge on any atom is 0.0815 e. The van der Waals surface area contributed by atoms with Gasteiger partial charge in [0.05, 0.1) is 12.2 Å². The Kier molecular flexibility index (Phi) is 7.48. The van der Waals surface area contributed by atoms with E-state index < -0.39 is 12.2 Å². The van der Waals surface area contributed by atoms with Crippen LogP contribution in [0.3, 0.4) is 0 Å². The maximum atomic E-state index is 10.4. The van der Waals surface area contributed by atoms with Gasteiger partial charge in [-0.05, 0) is 35.8 Å². The van der Waals surface area contributed by atoms with Crippen molar-refractivity contribution >= 4 is 0 Å². The quantitative estimate of drug-likeness (QED) is 0.615. The molecule has 0 aliphatic rings. The SMILES string of the molecule is CC(CCCCC(C)C(O)c1ccccc1)C(O)c1ccccc1. The lowest BCUT2D eigenvalue weighted by molar-refractivity contribution is 0.103. The second-order valence-corrected chi connectivity index (χ2v) is 6.95. The van der Waals surface area contributed by atoms with E-state index in [4.69, 9.17) is 0 Å². The summed E-state index contributed by atoms with van der Waals surface area (Å²) in [4.78, 5) is 0. The van der Waals surface area contributed by atoms with Crippen molar-refractivity contribution < 1.29 is 10.2 Å². The third kappa shape index (κ3) is 5.47. The molecule has 0 saturated heterocycles. The number of aliphatic hydroxyl groups is 2. The molecule has 2 rings (SSSR count). The number of rotatable bonds is 9. The van der Waals surface area contributed by atoms with Gasteiger partial charge in [-0.25, -0.2) is 0 Å². The predicted molar refractivity (Wildman–Crippen MR) is 99.6 cm³/mol. The monoisotopic (exact) mass is 326 g/mol. The average molecular weight is 326 g/mol. The fourth-order valence-corrected chi connectivity index (χ4v) is 3.21. The van der Waals surface area contributed by atoms with E-state index in [0.717, 1.165) is 36.8 Å². The highest BCUT2D eigenvalue weighted by atomic mass is 16.3. The number of unbranched alkanes of at least 4 members (excludes halogenated alkanes) is 1. The molecule has 0 radical (unpaired) electrons. The fourth-order valence-electron chi connectivity index (χ4n) is 3.21. The summed E-state index contributed by atoms with van der Waals surface area (Å²) < 4.78 is 0. The van der Waals surface area contributed by atoms with Gasteiger partial charge in [-0.1, -0.05) is 87.4 Å². The molecule has 0 aliphatic heterocycles. The molecule has 0 aromatic heterocycles. The smallest absolute Gasteiger partial charge is 0.0815 e. The molecule has 24 heavy (non-hydrogen) atoms. The summed E-state index contributed by atoms with van der Waals surface area (Å²) in [6, 6.07) is 19.8. The van der Waals surface area contributed by atoms with E-state index in [2.05, 4.69) is 13.8 Å². The van der Waals surface area contributed by atoms with Gasteiger partial charge >= 0.3 is 0 Å². The van der Waals surface area contributed by atoms with E-state index in [1.807, 2.05) is 60.7 Å². The fraction of sp³-hybridized carbons (Fsp3) is 0.455. The van der Waals surface area contributed by atoms with Gasteiger partial charge in [-0.2, -0.15) is 0 Å². The Bertz CT molecular complexity index is 514. The lowest BCUT2D eigenvalue weighted by atomic mass is 9.89. The Balaban J connectivity index is 1.70. The second kappa shape index (κ2) is 9.61. The van der Waals surface area contributed by atoms with Crippen molar-refractivity contribution in [2.75, 3.05) is 0 Å². The minimum absolute atomic E-state index is 0.252. The van der Waals surface area contributed by atoms with Gasteiger partial charge in [0.25, 0.3) is 0 Å². The molecule has 4 atom stereocenters. The summed E-state index contributed by atoms with van der Waals surface area (Å²) >= 11 is 0. The van der Waals surface area contributed by atoms with E-state index >= 15 is 0 Å². The van der Waals surface area contributed by atoms with Crippen molar-refractivity contribution in [1.29, 1.82) is 0 Å². The average Bonchev–Trinajstić information content (AvgIpc) is 2.65. The van der Waals surface area contributed by atoms with E-state index in [0.29, 0.717) is 0 Å². The standard InChI is InChI=1S/C22H30O2/c1-17(21(23)19-13-5-3-6-14-19)11-9-10-12-18(2)22(24)20-15-7-4-8-16-20/h3-8,13-18,21-24H,9-12H2,1-2H3.